The van der Waals surface area contributed by atoms with Crippen molar-refractivity contribution in [1.29, 1.82) is 0 Å². The van der Waals surface area contributed by atoms with E-state index in [-0.39, 0.29) is 11.4 Å². The number of carboxylic acids is 1. The van der Waals surface area contributed by atoms with Crippen LogP contribution in [0.2, 0.25) is 0 Å². The van der Waals surface area contributed by atoms with Gasteiger partial charge in [0, 0.05) is 11.4 Å². The molecule has 11 heavy (non-hydrogen) atoms. The Balaban J connectivity index is 3.12. The number of halogens is 1. The second kappa shape index (κ2) is 3.30. The molecule has 0 saturated heterocycles. The molecule has 0 aliphatic heterocycles. The van der Waals surface area contributed by atoms with Gasteiger partial charge >= 0.3 is 5.97 Å². The molecule has 1 heterocycles. The topological polar surface area (TPSA) is 63.1 Å². The first kappa shape index (κ1) is 7.94. The van der Waals surface area contributed by atoms with Crippen molar-refractivity contribution in [2.75, 3.05) is 0 Å². The minimum Gasteiger partial charge on any atom is -0.478 e. The Bertz CT molecular complexity index is 277. The lowest BCUT2D eigenvalue weighted by atomic mass is 10.2. The van der Waals surface area contributed by atoms with Crippen LogP contribution in [0.1, 0.15) is 15.9 Å². The third-order valence-electron chi connectivity index (χ3n) is 1.19. The first-order valence-corrected chi connectivity index (χ1v) is 3.38. The molecule has 0 atom stereocenters. The van der Waals surface area contributed by atoms with Crippen molar-refractivity contribution in [2.24, 2.45) is 0 Å². The fourth-order valence-corrected chi connectivity index (χ4v) is 0.859. The van der Waals surface area contributed by atoms with Crippen molar-refractivity contribution in [1.82, 2.24) is 10.2 Å². The highest BCUT2D eigenvalue weighted by molar-refractivity contribution is 6.17. The number of aromatic carboxylic acids is 1. The standard InChI is InChI=1S/C6H5ClN2O2/c7-1-4-2-8-9-3-5(4)6(10)11/h2-3H,1H2,(H,10,11). The van der Waals surface area contributed by atoms with Gasteiger partial charge in [-0.1, -0.05) is 0 Å². The summed E-state index contributed by atoms with van der Waals surface area (Å²) in [7, 11) is 0. The van der Waals surface area contributed by atoms with Crippen molar-refractivity contribution in [2.45, 2.75) is 5.88 Å². The van der Waals surface area contributed by atoms with Crippen LogP contribution in [0.3, 0.4) is 0 Å². The van der Waals surface area contributed by atoms with Gasteiger partial charge in [0.1, 0.15) is 0 Å². The van der Waals surface area contributed by atoms with E-state index >= 15 is 0 Å². The smallest absolute Gasteiger partial charge is 0.337 e. The molecule has 0 aliphatic carbocycles. The third-order valence-corrected chi connectivity index (χ3v) is 1.48. The maximum absolute atomic E-state index is 10.5. The Kier molecular flexibility index (Phi) is 2.38. The monoisotopic (exact) mass is 172 g/mol. The predicted octanol–water partition coefficient (Wildman–Crippen LogP) is 0.914. The molecule has 1 aromatic rings. The maximum atomic E-state index is 10.5. The summed E-state index contributed by atoms with van der Waals surface area (Å²) >= 11 is 5.45. The molecule has 0 aromatic carbocycles. The van der Waals surface area contributed by atoms with Crippen LogP contribution >= 0.6 is 11.6 Å². The van der Waals surface area contributed by atoms with Crippen LogP contribution in [0.25, 0.3) is 0 Å². The van der Waals surface area contributed by atoms with E-state index in [4.69, 9.17) is 16.7 Å². The van der Waals surface area contributed by atoms with Crippen LogP contribution in [-0.2, 0) is 5.88 Å². The number of carbonyl (C=O) groups is 1. The average Bonchev–Trinajstić information content (AvgIpc) is 2.04. The van der Waals surface area contributed by atoms with Crippen LogP contribution in [0.5, 0.6) is 0 Å². The summed E-state index contributed by atoms with van der Waals surface area (Å²) < 4.78 is 0. The van der Waals surface area contributed by atoms with Crippen LogP contribution in [0.15, 0.2) is 12.4 Å². The van der Waals surface area contributed by atoms with E-state index in [9.17, 15) is 4.79 Å². The quantitative estimate of drug-likeness (QED) is 0.674. The van der Waals surface area contributed by atoms with Gasteiger partial charge in [-0.25, -0.2) is 4.79 Å². The Morgan fingerprint density at radius 2 is 2.18 bits per heavy atom. The minimum absolute atomic E-state index is 0.106. The zero-order chi connectivity index (χ0) is 8.27. The van der Waals surface area contributed by atoms with Gasteiger partial charge < -0.3 is 5.11 Å². The van der Waals surface area contributed by atoms with Crippen LogP contribution in [0, 0.1) is 0 Å². The SMILES string of the molecule is O=C(O)c1cnncc1CCl. The Hall–Kier alpha value is -1.16. The third kappa shape index (κ3) is 1.65. The second-order valence-electron chi connectivity index (χ2n) is 1.87. The van der Waals surface area contributed by atoms with E-state index in [0.717, 1.165) is 0 Å². The summed E-state index contributed by atoms with van der Waals surface area (Å²) in [5, 5.41) is 15.5. The van der Waals surface area contributed by atoms with Gasteiger partial charge in [0.2, 0.25) is 0 Å². The van der Waals surface area contributed by atoms with Gasteiger partial charge in [-0.05, 0) is 0 Å². The predicted molar refractivity (Wildman–Crippen MR) is 38.5 cm³/mol. The molecule has 0 bridgehead atoms. The lowest BCUT2D eigenvalue weighted by molar-refractivity contribution is 0.0695. The average molecular weight is 173 g/mol. The summed E-state index contributed by atoms with van der Waals surface area (Å²) in [5.74, 6) is -0.896. The van der Waals surface area contributed by atoms with Crippen molar-refractivity contribution < 1.29 is 9.90 Å². The van der Waals surface area contributed by atoms with E-state index in [1.54, 1.807) is 0 Å². The van der Waals surface area contributed by atoms with Gasteiger partial charge in [0.15, 0.2) is 0 Å². The van der Waals surface area contributed by atoms with Crippen molar-refractivity contribution >= 4 is 17.6 Å². The Labute approximate surface area is 67.8 Å². The molecule has 4 nitrogen and oxygen atoms in total. The van der Waals surface area contributed by atoms with Crippen molar-refractivity contribution in [3.8, 4) is 0 Å². The molecule has 0 radical (unpaired) electrons. The summed E-state index contributed by atoms with van der Waals surface area (Å²) in [5.41, 5.74) is 0.587. The van der Waals surface area contributed by atoms with Crippen LogP contribution < -0.4 is 0 Å². The normalized spacial score (nSPS) is 9.55. The first-order valence-electron chi connectivity index (χ1n) is 2.84. The van der Waals surface area contributed by atoms with Gasteiger partial charge in [-0.2, -0.15) is 10.2 Å². The van der Waals surface area contributed by atoms with Gasteiger partial charge in [-0.15, -0.1) is 11.6 Å². The molecule has 0 amide bonds. The van der Waals surface area contributed by atoms with Gasteiger partial charge in [0.25, 0.3) is 0 Å². The minimum atomic E-state index is -1.03. The molecule has 0 fully saturated rings. The first-order chi connectivity index (χ1) is 5.25. The van der Waals surface area contributed by atoms with E-state index in [1.165, 1.54) is 12.4 Å². The fourth-order valence-electron chi connectivity index (χ4n) is 0.646. The Morgan fingerprint density at radius 1 is 1.55 bits per heavy atom. The molecule has 1 aromatic heterocycles. The lowest BCUT2D eigenvalue weighted by Gasteiger charge is -1.97. The molecule has 1 N–H and O–H groups in total. The van der Waals surface area contributed by atoms with E-state index < -0.39 is 5.97 Å². The zero-order valence-electron chi connectivity index (χ0n) is 5.49. The van der Waals surface area contributed by atoms with Crippen LogP contribution in [0.4, 0.5) is 0 Å². The summed E-state index contributed by atoms with van der Waals surface area (Å²) in [6.07, 6.45) is 2.52. The highest BCUT2D eigenvalue weighted by atomic mass is 35.5. The number of hydrogen-bond acceptors (Lipinski definition) is 3. The summed E-state index contributed by atoms with van der Waals surface area (Å²) in [4.78, 5) is 10.5. The highest BCUT2D eigenvalue weighted by Gasteiger charge is 2.08. The van der Waals surface area contributed by atoms with Gasteiger partial charge in [0.05, 0.1) is 18.0 Å². The number of hydrogen-bond donors (Lipinski definition) is 1. The number of aromatic nitrogens is 2. The zero-order valence-corrected chi connectivity index (χ0v) is 6.25. The van der Waals surface area contributed by atoms with E-state index in [0.29, 0.717) is 5.56 Å². The summed E-state index contributed by atoms with van der Waals surface area (Å²) in [6, 6.07) is 0. The fraction of sp³-hybridized carbons (Fsp3) is 0.167. The van der Waals surface area contributed by atoms with Crippen molar-refractivity contribution in [3.05, 3.63) is 23.5 Å². The lowest BCUT2D eigenvalue weighted by Crippen LogP contribution is -2.02. The molecule has 5 heteroatoms. The molecule has 0 aliphatic rings. The number of rotatable bonds is 2. The molecule has 1 rings (SSSR count). The molecule has 0 saturated carbocycles. The molecular formula is C6H5ClN2O2. The Morgan fingerprint density at radius 3 is 2.64 bits per heavy atom. The molecule has 0 unspecified atom stereocenters. The molecule has 0 spiro atoms. The highest BCUT2D eigenvalue weighted by Crippen LogP contribution is 2.07. The largest absolute Gasteiger partial charge is 0.478 e. The molecule has 58 valence electrons. The summed E-state index contributed by atoms with van der Waals surface area (Å²) in [6.45, 7) is 0. The van der Waals surface area contributed by atoms with E-state index in [2.05, 4.69) is 10.2 Å². The number of carboxylic acid groups (broad SMARTS) is 1. The van der Waals surface area contributed by atoms with Gasteiger partial charge in [-0.3, -0.25) is 0 Å². The van der Waals surface area contributed by atoms with E-state index in [1.807, 2.05) is 0 Å². The number of nitrogens with zero attached hydrogens (tertiary/aromatic N) is 2. The molecular weight excluding hydrogens is 168 g/mol. The van der Waals surface area contributed by atoms with Crippen molar-refractivity contribution in [3.63, 3.8) is 0 Å². The maximum Gasteiger partial charge on any atom is 0.337 e. The van der Waals surface area contributed by atoms with Crippen LogP contribution in [-0.4, -0.2) is 21.3 Å². The second-order valence-corrected chi connectivity index (χ2v) is 2.13. The number of alkyl halides is 1.